The van der Waals surface area contributed by atoms with Gasteiger partial charge in [-0.1, -0.05) is 91.8 Å². The van der Waals surface area contributed by atoms with Crippen LogP contribution in [0.1, 0.15) is 122 Å². The van der Waals surface area contributed by atoms with Crippen LogP contribution in [-0.4, -0.2) is 12.1 Å². The highest BCUT2D eigenvalue weighted by atomic mass is 15.0. The molecule has 0 saturated heterocycles. The Bertz CT molecular complexity index is 711. The van der Waals surface area contributed by atoms with Crippen LogP contribution >= 0.6 is 0 Å². The molecule has 0 amide bonds. The quantitative estimate of drug-likeness (QED) is 0.399. The zero-order valence-electron chi connectivity index (χ0n) is 21.6. The molecule has 0 aliphatic carbocycles. The van der Waals surface area contributed by atoms with E-state index in [1.807, 2.05) is 0 Å². The SMILES string of the molecule is CC(CC(C)Nc1c(C(C)C)cccc1C(C)C)Nc1c(C(C)C)cccc1C(C)C. The van der Waals surface area contributed by atoms with Gasteiger partial charge in [0.2, 0.25) is 0 Å². The highest BCUT2D eigenvalue weighted by Crippen LogP contribution is 2.35. The molecule has 0 heterocycles. The summed E-state index contributed by atoms with van der Waals surface area (Å²) in [6, 6.07) is 14.3. The fourth-order valence-corrected chi connectivity index (χ4v) is 4.58. The molecule has 172 valence electrons. The number of hydrogen-bond acceptors (Lipinski definition) is 2. The number of hydrogen-bond donors (Lipinski definition) is 2. The Morgan fingerprint density at radius 2 is 0.742 bits per heavy atom. The van der Waals surface area contributed by atoms with Gasteiger partial charge in [-0.25, -0.2) is 0 Å². The maximum Gasteiger partial charge on any atom is 0.0412 e. The fraction of sp³-hybridized carbons (Fsp3) is 0.586. The van der Waals surface area contributed by atoms with Crippen LogP contribution in [0.2, 0.25) is 0 Å². The monoisotopic (exact) mass is 422 g/mol. The van der Waals surface area contributed by atoms with E-state index in [-0.39, 0.29) is 0 Å². The van der Waals surface area contributed by atoms with Crippen LogP contribution in [0.25, 0.3) is 0 Å². The molecule has 2 heteroatoms. The van der Waals surface area contributed by atoms with Gasteiger partial charge in [0.1, 0.15) is 0 Å². The van der Waals surface area contributed by atoms with Crippen LogP contribution < -0.4 is 10.6 Å². The summed E-state index contributed by atoms with van der Waals surface area (Å²) >= 11 is 0. The average Bonchev–Trinajstić information content (AvgIpc) is 2.67. The van der Waals surface area contributed by atoms with E-state index < -0.39 is 0 Å². The van der Waals surface area contributed by atoms with Gasteiger partial charge in [-0.2, -0.15) is 0 Å². The maximum absolute atomic E-state index is 3.89. The van der Waals surface area contributed by atoms with Gasteiger partial charge in [-0.3, -0.25) is 0 Å². The van der Waals surface area contributed by atoms with E-state index in [1.165, 1.54) is 33.6 Å². The first-order valence-electron chi connectivity index (χ1n) is 12.3. The van der Waals surface area contributed by atoms with Crippen molar-refractivity contribution < 1.29 is 0 Å². The third-order valence-corrected chi connectivity index (χ3v) is 6.23. The third kappa shape index (κ3) is 6.51. The van der Waals surface area contributed by atoms with Gasteiger partial charge >= 0.3 is 0 Å². The Hall–Kier alpha value is -1.96. The van der Waals surface area contributed by atoms with E-state index in [4.69, 9.17) is 0 Å². The minimum Gasteiger partial charge on any atom is -0.382 e. The van der Waals surface area contributed by atoms with Gasteiger partial charge in [0.05, 0.1) is 0 Å². The molecule has 0 spiro atoms. The van der Waals surface area contributed by atoms with Crippen LogP contribution in [0.4, 0.5) is 11.4 Å². The van der Waals surface area contributed by atoms with Gasteiger partial charge in [-0.15, -0.1) is 0 Å². The Labute approximate surface area is 192 Å². The first kappa shape index (κ1) is 25.3. The summed E-state index contributed by atoms with van der Waals surface area (Å²) < 4.78 is 0. The van der Waals surface area contributed by atoms with Crippen molar-refractivity contribution in [2.24, 2.45) is 0 Å². The second-order valence-corrected chi connectivity index (χ2v) is 10.6. The number of nitrogens with one attached hydrogen (secondary N) is 2. The molecule has 0 aliphatic heterocycles. The van der Waals surface area contributed by atoms with Crippen LogP contribution in [0.5, 0.6) is 0 Å². The van der Waals surface area contributed by atoms with Gasteiger partial charge in [0.15, 0.2) is 0 Å². The minimum atomic E-state index is 0.383. The van der Waals surface area contributed by atoms with Crippen LogP contribution in [-0.2, 0) is 0 Å². The second-order valence-electron chi connectivity index (χ2n) is 10.6. The van der Waals surface area contributed by atoms with E-state index in [1.54, 1.807) is 0 Å². The molecule has 2 aromatic rings. The lowest BCUT2D eigenvalue weighted by Gasteiger charge is -2.28. The molecular formula is C29H46N2. The number of benzene rings is 2. The van der Waals surface area contributed by atoms with Crippen molar-refractivity contribution in [3.8, 4) is 0 Å². The van der Waals surface area contributed by atoms with Gasteiger partial charge < -0.3 is 10.6 Å². The summed E-state index contributed by atoms with van der Waals surface area (Å²) in [5, 5.41) is 7.79. The molecule has 0 radical (unpaired) electrons. The third-order valence-electron chi connectivity index (χ3n) is 6.23. The molecule has 2 atom stereocenters. The Kier molecular flexibility index (Phi) is 9.03. The molecule has 2 nitrogen and oxygen atoms in total. The smallest absolute Gasteiger partial charge is 0.0412 e. The minimum absolute atomic E-state index is 0.383. The largest absolute Gasteiger partial charge is 0.382 e. The first-order chi connectivity index (χ1) is 14.5. The summed E-state index contributed by atoms with van der Waals surface area (Å²) in [6.07, 6.45) is 1.06. The summed E-state index contributed by atoms with van der Waals surface area (Å²) in [5.41, 5.74) is 8.38. The van der Waals surface area contributed by atoms with E-state index in [2.05, 4.69) is 116 Å². The Morgan fingerprint density at radius 1 is 0.484 bits per heavy atom. The molecule has 31 heavy (non-hydrogen) atoms. The molecule has 0 saturated carbocycles. The normalized spacial score (nSPS) is 13.9. The lowest BCUT2D eigenvalue weighted by molar-refractivity contribution is 0.628. The average molecular weight is 423 g/mol. The first-order valence-corrected chi connectivity index (χ1v) is 12.3. The van der Waals surface area contributed by atoms with Crippen LogP contribution in [0.15, 0.2) is 36.4 Å². The Morgan fingerprint density at radius 3 is 0.968 bits per heavy atom. The van der Waals surface area contributed by atoms with Gasteiger partial charge in [-0.05, 0) is 66.2 Å². The highest BCUT2D eigenvalue weighted by Gasteiger charge is 2.19. The van der Waals surface area contributed by atoms with Crippen LogP contribution in [0.3, 0.4) is 0 Å². The highest BCUT2D eigenvalue weighted by molar-refractivity contribution is 5.62. The molecular weight excluding hydrogens is 376 g/mol. The van der Waals surface area contributed by atoms with Crippen molar-refractivity contribution in [2.45, 2.75) is 111 Å². The van der Waals surface area contributed by atoms with E-state index in [9.17, 15) is 0 Å². The van der Waals surface area contributed by atoms with Crippen molar-refractivity contribution in [1.82, 2.24) is 0 Å². The standard InChI is InChI=1S/C29H46N2/c1-18(2)24-13-11-14-25(19(3)4)28(24)30-22(9)17-23(10)31-29-26(20(5)6)15-12-16-27(29)21(7)8/h11-16,18-23,30-31H,17H2,1-10H3. The molecule has 2 rings (SSSR count). The van der Waals surface area contributed by atoms with Crippen molar-refractivity contribution in [1.29, 1.82) is 0 Å². The summed E-state index contributed by atoms with van der Waals surface area (Å²) in [4.78, 5) is 0. The molecule has 0 aliphatic rings. The molecule has 0 fully saturated rings. The summed E-state index contributed by atoms with van der Waals surface area (Å²) in [6.45, 7) is 22.9. The van der Waals surface area contributed by atoms with Crippen LogP contribution in [0, 0.1) is 0 Å². The summed E-state index contributed by atoms with van der Waals surface area (Å²) in [5.74, 6) is 2.04. The Balaban J connectivity index is 2.21. The predicted octanol–water partition coefficient (Wildman–Crippen LogP) is 8.87. The van der Waals surface area contributed by atoms with Crippen molar-refractivity contribution in [3.63, 3.8) is 0 Å². The lowest BCUT2D eigenvalue weighted by Crippen LogP contribution is -2.27. The van der Waals surface area contributed by atoms with E-state index in [0.717, 1.165) is 6.42 Å². The van der Waals surface area contributed by atoms with Gasteiger partial charge in [0.25, 0.3) is 0 Å². The molecule has 0 bridgehead atoms. The zero-order chi connectivity index (χ0) is 23.3. The number of anilines is 2. The van der Waals surface area contributed by atoms with Crippen molar-refractivity contribution in [3.05, 3.63) is 58.7 Å². The predicted molar refractivity (Wildman–Crippen MR) is 140 cm³/mol. The fourth-order valence-electron chi connectivity index (χ4n) is 4.58. The van der Waals surface area contributed by atoms with E-state index in [0.29, 0.717) is 35.8 Å². The van der Waals surface area contributed by atoms with Gasteiger partial charge in [0, 0.05) is 23.5 Å². The second kappa shape index (κ2) is 11.1. The molecule has 2 N–H and O–H groups in total. The number of para-hydroxylation sites is 2. The van der Waals surface area contributed by atoms with E-state index >= 15 is 0 Å². The van der Waals surface area contributed by atoms with Crippen molar-refractivity contribution >= 4 is 11.4 Å². The lowest BCUT2D eigenvalue weighted by atomic mass is 9.91. The van der Waals surface area contributed by atoms with Crippen molar-refractivity contribution in [2.75, 3.05) is 10.6 Å². The topological polar surface area (TPSA) is 24.1 Å². The number of rotatable bonds is 10. The zero-order valence-corrected chi connectivity index (χ0v) is 21.6. The molecule has 0 aromatic heterocycles. The maximum atomic E-state index is 3.89. The molecule has 2 aromatic carbocycles. The molecule has 2 unspecified atom stereocenters. The summed E-state index contributed by atoms with van der Waals surface area (Å²) in [7, 11) is 0.